The largest absolute Gasteiger partial charge is 0.490 e. The fourth-order valence-electron chi connectivity index (χ4n) is 3.30. The van der Waals surface area contributed by atoms with Crippen LogP contribution in [-0.4, -0.2) is 62.7 Å². The van der Waals surface area contributed by atoms with Crippen molar-refractivity contribution in [2.75, 3.05) is 20.6 Å². The topological polar surface area (TPSA) is 91.9 Å². The third kappa shape index (κ3) is 7.40. The number of carbonyl (C=O) groups is 2. The normalized spacial score (nSPS) is 11.3. The number of aliphatic carboxylic acids is 1. The number of nitrogens with zero attached hydrogens (tertiary/aromatic N) is 4. The number of rotatable bonds is 7. The molecule has 8 nitrogen and oxygen atoms in total. The summed E-state index contributed by atoms with van der Waals surface area (Å²) in [7, 11) is 4.09. The van der Waals surface area contributed by atoms with Crippen LogP contribution in [0.15, 0.2) is 67.1 Å². The molecule has 0 fully saturated rings. The van der Waals surface area contributed by atoms with Crippen molar-refractivity contribution in [3.8, 4) is 11.4 Å². The molecule has 4 aromatic rings. The summed E-state index contributed by atoms with van der Waals surface area (Å²) >= 11 is 0. The smallest absolute Gasteiger partial charge is 0.475 e. The first-order chi connectivity index (χ1) is 17.5. The first-order valence-electron chi connectivity index (χ1n) is 11.1. The fourth-order valence-corrected chi connectivity index (χ4v) is 3.30. The molecular formula is C25H25F4N5O3. The third-order valence-electron chi connectivity index (χ3n) is 5.19. The van der Waals surface area contributed by atoms with E-state index in [1.54, 1.807) is 12.1 Å². The Kier molecular flexibility index (Phi) is 8.66. The van der Waals surface area contributed by atoms with E-state index in [1.807, 2.05) is 61.4 Å². The van der Waals surface area contributed by atoms with Crippen LogP contribution in [0.25, 0.3) is 16.9 Å². The minimum atomic E-state index is -5.08. The summed E-state index contributed by atoms with van der Waals surface area (Å²) in [6, 6.07) is 13.8. The number of pyridine rings is 1. The molecule has 0 aliphatic carbocycles. The highest BCUT2D eigenvalue weighted by Gasteiger charge is 2.38. The Morgan fingerprint density at radius 3 is 2.35 bits per heavy atom. The molecule has 4 rings (SSSR count). The molecule has 0 aliphatic heterocycles. The summed E-state index contributed by atoms with van der Waals surface area (Å²) in [5.41, 5.74) is 2.89. The van der Waals surface area contributed by atoms with Crippen LogP contribution < -0.4 is 5.32 Å². The molecule has 37 heavy (non-hydrogen) atoms. The van der Waals surface area contributed by atoms with Gasteiger partial charge in [0, 0.05) is 43.8 Å². The van der Waals surface area contributed by atoms with Gasteiger partial charge in [-0.2, -0.15) is 13.2 Å². The lowest BCUT2D eigenvalue weighted by atomic mass is 10.2. The van der Waals surface area contributed by atoms with Gasteiger partial charge in [-0.25, -0.2) is 14.2 Å². The number of benzene rings is 1. The van der Waals surface area contributed by atoms with E-state index in [-0.39, 0.29) is 11.7 Å². The molecule has 0 radical (unpaired) electrons. The lowest BCUT2D eigenvalue weighted by Crippen LogP contribution is -2.23. The van der Waals surface area contributed by atoms with Crippen molar-refractivity contribution >= 4 is 17.4 Å². The number of carboxylic acid groups (broad SMARTS) is 1. The highest BCUT2D eigenvalue weighted by atomic mass is 19.4. The number of carboxylic acids is 1. The Morgan fingerprint density at radius 2 is 1.73 bits per heavy atom. The first-order valence-corrected chi connectivity index (χ1v) is 11.1. The van der Waals surface area contributed by atoms with Gasteiger partial charge in [0.1, 0.15) is 11.6 Å². The third-order valence-corrected chi connectivity index (χ3v) is 5.19. The average molecular weight is 519 g/mol. The molecule has 1 aromatic carbocycles. The molecule has 0 bridgehead atoms. The number of aromatic nitrogens is 3. The summed E-state index contributed by atoms with van der Waals surface area (Å²) in [5.74, 6) is -2.60. The van der Waals surface area contributed by atoms with Crippen LogP contribution in [0.4, 0.5) is 17.6 Å². The van der Waals surface area contributed by atoms with E-state index in [9.17, 15) is 22.4 Å². The lowest BCUT2D eigenvalue weighted by molar-refractivity contribution is -0.192. The van der Waals surface area contributed by atoms with Crippen LogP contribution in [0.2, 0.25) is 0 Å². The van der Waals surface area contributed by atoms with Crippen LogP contribution in [0.3, 0.4) is 0 Å². The molecular weight excluding hydrogens is 494 g/mol. The molecule has 2 N–H and O–H groups in total. The van der Waals surface area contributed by atoms with Gasteiger partial charge in [0.05, 0.1) is 5.52 Å². The number of nitrogens with one attached hydrogen (secondary N) is 1. The number of alkyl halides is 3. The van der Waals surface area contributed by atoms with Crippen molar-refractivity contribution in [2.24, 2.45) is 0 Å². The zero-order valence-electron chi connectivity index (χ0n) is 20.0. The molecule has 196 valence electrons. The van der Waals surface area contributed by atoms with E-state index in [4.69, 9.17) is 9.90 Å². The van der Waals surface area contributed by atoms with Crippen LogP contribution in [0.5, 0.6) is 0 Å². The maximum absolute atomic E-state index is 13.1. The molecule has 12 heteroatoms. The van der Waals surface area contributed by atoms with E-state index in [2.05, 4.69) is 19.8 Å². The summed E-state index contributed by atoms with van der Waals surface area (Å²) in [6.45, 7) is 2.12. The van der Waals surface area contributed by atoms with Gasteiger partial charge in [-0.15, -0.1) is 0 Å². The summed E-state index contributed by atoms with van der Waals surface area (Å²) < 4.78 is 48.9. The SMILES string of the molecule is CN(C)CCn1ccc(-c2nc(C(=O)NCc3ccc(F)cc3)c3ccccn23)c1.O=C(O)C(F)(F)F. The van der Waals surface area contributed by atoms with Crippen molar-refractivity contribution < 1.29 is 32.3 Å². The number of likely N-dealkylation sites (N-methyl/N-ethyl adjacent to an activating group) is 1. The standard InChI is InChI=1S/C23H24FN5O.C2HF3O2/c1-27(2)13-14-28-12-10-18(16-28)22-26-21(20-5-3-4-11-29(20)22)23(30)25-15-17-6-8-19(24)9-7-17;3-2(4,5)1(6)7/h3-12,16H,13-15H2,1-2H3,(H,25,30);(H,6,7). The number of amides is 1. The second-order valence-corrected chi connectivity index (χ2v) is 8.29. The van der Waals surface area contributed by atoms with Gasteiger partial charge in [-0.05, 0) is 50.0 Å². The number of imidazole rings is 1. The second kappa shape index (κ2) is 11.7. The van der Waals surface area contributed by atoms with Gasteiger partial charge < -0.3 is 19.9 Å². The first kappa shape index (κ1) is 27.4. The molecule has 0 spiro atoms. The van der Waals surface area contributed by atoms with Gasteiger partial charge in [0.15, 0.2) is 5.69 Å². The maximum Gasteiger partial charge on any atom is 0.490 e. The van der Waals surface area contributed by atoms with E-state index in [0.29, 0.717) is 12.2 Å². The fraction of sp³-hybridized carbons (Fsp3) is 0.240. The Morgan fingerprint density at radius 1 is 1.05 bits per heavy atom. The lowest BCUT2D eigenvalue weighted by Gasteiger charge is -2.09. The van der Waals surface area contributed by atoms with Crippen LogP contribution >= 0.6 is 0 Å². The van der Waals surface area contributed by atoms with Crippen LogP contribution in [0.1, 0.15) is 16.1 Å². The highest BCUT2D eigenvalue weighted by Crippen LogP contribution is 2.23. The van der Waals surface area contributed by atoms with E-state index >= 15 is 0 Å². The van der Waals surface area contributed by atoms with Crippen LogP contribution in [-0.2, 0) is 17.9 Å². The molecule has 3 aromatic heterocycles. The zero-order chi connectivity index (χ0) is 27.2. The van der Waals surface area contributed by atoms with Gasteiger partial charge in [0.25, 0.3) is 5.91 Å². The second-order valence-electron chi connectivity index (χ2n) is 8.29. The van der Waals surface area contributed by atoms with E-state index < -0.39 is 12.1 Å². The number of halogens is 4. The number of fused-ring (bicyclic) bond motifs is 1. The minimum Gasteiger partial charge on any atom is -0.475 e. The van der Waals surface area contributed by atoms with Gasteiger partial charge >= 0.3 is 12.1 Å². The Balaban J connectivity index is 0.000000479. The number of hydrogen-bond acceptors (Lipinski definition) is 4. The molecule has 0 saturated heterocycles. The quantitative estimate of drug-likeness (QED) is 0.360. The van der Waals surface area contributed by atoms with Crippen molar-refractivity contribution in [1.29, 1.82) is 0 Å². The maximum atomic E-state index is 13.1. The Labute approximate surface area is 209 Å². The summed E-state index contributed by atoms with van der Waals surface area (Å²) in [5, 5.41) is 10.0. The molecule has 0 atom stereocenters. The van der Waals surface area contributed by atoms with E-state index in [0.717, 1.165) is 35.6 Å². The average Bonchev–Trinajstić information content (AvgIpc) is 3.47. The summed E-state index contributed by atoms with van der Waals surface area (Å²) in [4.78, 5) is 28.5. The van der Waals surface area contributed by atoms with E-state index in [1.165, 1.54) is 12.1 Å². The van der Waals surface area contributed by atoms with Crippen molar-refractivity contribution in [1.82, 2.24) is 24.2 Å². The molecule has 3 heterocycles. The molecule has 0 aliphatic rings. The van der Waals surface area contributed by atoms with Crippen molar-refractivity contribution in [3.05, 3.63) is 84.2 Å². The molecule has 0 unspecified atom stereocenters. The summed E-state index contributed by atoms with van der Waals surface area (Å²) in [6.07, 6.45) is 0.897. The number of carbonyl (C=O) groups excluding carboxylic acids is 1. The Hall–Kier alpha value is -4.19. The molecule has 1 amide bonds. The van der Waals surface area contributed by atoms with Gasteiger partial charge in [-0.1, -0.05) is 18.2 Å². The van der Waals surface area contributed by atoms with Crippen molar-refractivity contribution in [2.45, 2.75) is 19.3 Å². The highest BCUT2D eigenvalue weighted by molar-refractivity contribution is 6.00. The zero-order valence-corrected chi connectivity index (χ0v) is 20.0. The van der Waals surface area contributed by atoms with Crippen molar-refractivity contribution in [3.63, 3.8) is 0 Å². The Bertz CT molecular complexity index is 1360. The monoisotopic (exact) mass is 519 g/mol. The van der Waals surface area contributed by atoms with Gasteiger partial charge in [0.2, 0.25) is 0 Å². The molecule has 0 saturated carbocycles. The minimum absolute atomic E-state index is 0.263. The van der Waals surface area contributed by atoms with Gasteiger partial charge in [-0.3, -0.25) is 9.20 Å². The van der Waals surface area contributed by atoms with Crippen LogP contribution in [0, 0.1) is 5.82 Å². The number of hydrogen-bond donors (Lipinski definition) is 2. The predicted molar refractivity (Wildman–Crippen MR) is 128 cm³/mol. The predicted octanol–water partition coefficient (Wildman–Crippen LogP) is 4.07.